The third kappa shape index (κ3) is 4.61. The number of aryl methyl sites for hydroxylation is 2. The average Bonchev–Trinajstić information content (AvgIpc) is 3.16. The molecule has 0 saturated carbocycles. The Kier molecular flexibility index (Phi) is 5.79. The number of halogens is 3. The molecule has 4 nitrogen and oxygen atoms in total. The third-order valence-corrected chi connectivity index (χ3v) is 4.65. The maximum atomic E-state index is 12.9. The van der Waals surface area contributed by atoms with Gasteiger partial charge in [0.2, 0.25) is 0 Å². The molecule has 7 heteroatoms. The lowest BCUT2D eigenvalue weighted by Crippen LogP contribution is -2.14. The smallest absolute Gasteiger partial charge is 0.321 e. The van der Waals surface area contributed by atoms with Crippen LogP contribution in [0.1, 0.15) is 22.4 Å². The van der Waals surface area contributed by atoms with E-state index in [1.54, 1.807) is 18.3 Å². The predicted molar refractivity (Wildman–Crippen MR) is 109 cm³/mol. The van der Waals surface area contributed by atoms with Crippen molar-refractivity contribution in [1.82, 2.24) is 4.57 Å². The second kappa shape index (κ2) is 8.29. The van der Waals surface area contributed by atoms with Crippen molar-refractivity contribution in [2.45, 2.75) is 20.0 Å². The molecule has 1 aromatic heterocycles. The van der Waals surface area contributed by atoms with E-state index in [1.165, 1.54) is 18.2 Å². The second-order valence-corrected chi connectivity index (χ2v) is 6.77. The number of amides is 1. The van der Waals surface area contributed by atoms with E-state index in [1.807, 2.05) is 42.7 Å². The number of carbonyl (C=O) groups excluding carboxylic acids is 1. The zero-order valence-corrected chi connectivity index (χ0v) is 16.3. The summed E-state index contributed by atoms with van der Waals surface area (Å²) in [6.07, 6.45) is -1.32. The molecule has 0 atom stereocenters. The highest BCUT2D eigenvalue weighted by atomic mass is 19.4. The molecular weight excluding hydrogens is 391 g/mol. The van der Waals surface area contributed by atoms with Crippen LogP contribution >= 0.6 is 0 Å². The number of nitriles is 1. The molecule has 3 rings (SSSR count). The van der Waals surface area contributed by atoms with E-state index in [-0.39, 0.29) is 11.3 Å². The highest BCUT2D eigenvalue weighted by molar-refractivity contribution is 6.09. The van der Waals surface area contributed by atoms with Crippen molar-refractivity contribution in [3.05, 3.63) is 88.8 Å². The van der Waals surface area contributed by atoms with E-state index in [0.29, 0.717) is 5.69 Å². The Morgan fingerprint density at radius 2 is 1.83 bits per heavy atom. The molecule has 1 heterocycles. The van der Waals surface area contributed by atoms with Gasteiger partial charge in [-0.3, -0.25) is 4.79 Å². The number of alkyl halides is 3. The maximum absolute atomic E-state index is 12.9. The summed E-state index contributed by atoms with van der Waals surface area (Å²) in [7, 11) is 0. The van der Waals surface area contributed by atoms with Crippen molar-refractivity contribution in [2.24, 2.45) is 0 Å². The van der Waals surface area contributed by atoms with Gasteiger partial charge in [0.15, 0.2) is 0 Å². The highest BCUT2D eigenvalue weighted by Gasteiger charge is 2.30. The van der Waals surface area contributed by atoms with E-state index >= 15 is 0 Å². The predicted octanol–water partition coefficient (Wildman–Crippen LogP) is 5.66. The van der Waals surface area contributed by atoms with Crippen molar-refractivity contribution in [1.29, 1.82) is 5.26 Å². The van der Waals surface area contributed by atoms with E-state index in [4.69, 9.17) is 0 Å². The van der Waals surface area contributed by atoms with Crippen LogP contribution in [0.4, 0.5) is 18.9 Å². The molecule has 0 fully saturated rings. The van der Waals surface area contributed by atoms with Gasteiger partial charge < -0.3 is 9.88 Å². The summed E-state index contributed by atoms with van der Waals surface area (Å²) >= 11 is 0. The fourth-order valence-electron chi connectivity index (χ4n) is 2.89. The molecule has 1 amide bonds. The largest absolute Gasteiger partial charge is 0.416 e. The van der Waals surface area contributed by atoms with E-state index in [9.17, 15) is 23.2 Å². The first kappa shape index (κ1) is 20.9. The van der Waals surface area contributed by atoms with Gasteiger partial charge in [-0.05, 0) is 73.5 Å². The number of nitrogens with one attached hydrogen (secondary N) is 1. The number of anilines is 1. The molecule has 3 aromatic rings. The zero-order chi connectivity index (χ0) is 21.9. The third-order valence-electron chi connectivity index (χ3n) is 4.65. The monoisotopic (exact) mass is 409 g/mol. The molecular formula is C23H18F3N3O. The lowest BCUT2D eigenvalue weighted by Gasteiger charge is -2.11. The summed E-state index contributed by atoms with van der Waals surface area (Å²) < 4.78 is 40.4. The first-order chi connectivity index (χ1) is 14.2. The van der Waals surface area contributed by atoms with E-state index in [0.717, 1.165) is 28.9 Å². The molecule has 0 spiro atoms. The van der Waals surface area contributed by atoms with Gasteiger partial charge in [0, 0.05) is 23.3 Å². The number of hydrogen-bond donors (Lipinski definition) is 1. The van der Waals surface area contributed by atoms with Crippen molar-refractivity contribution in [3.63, 3.8) is 0 Å². The minimum Gasteiger partial charge on any atom is -0.321 e. The molecule has 0 unspecified atom stereocenters. The Morgan fingerprint density at radius 1 is 1.07 bits per heavy atom. The summed E-state index contributed by atoms with van der Waals surface area (Å²) in [4.78, 5) is 12.5. The Hall–Kier alpha value is -3.79. The molecule has 0 aliphatic heterocycles. The van der Waals surface area contributed by atoms with E-state index in [2.05, 4.69) is 5.32 Å². The molecule has 0 bridgehead atoms. The van der Waals surface area contributed by atoms with Crippen LogP contribution in [-0.2, 0) is 11.0 Å². The van der Waals surface area contributed by atoms with Gasteiger partial charge >= 0.3 is 6.18 Å². The SMILES string of the molecule is Cc1ccc(-n2cccc2/C=C(/C#N)C(=O)Nc2cccc(C(F)(F)F)c2)cc1C. The molecule has 0 aliphatic rings. The standard InChI is InChI=1S/C23H18F3N3O/c1-15-8-9-21(11-16(15)2)29-10-4-7-20(29)12-17(14-27)22(30)28-19-6-3-5-18(13-19)23(24,25)26/h3-13H,1-2H3,(H,28,30)/b17-12-. The normalized spacial score (nSPS) is 11.8. The van der Waals surface area contributed by atoms with Crippen LogP contribution in [0.5, 0.6) is 0 Å². The van der Waals surface area contributed by atoms with Crippen LogP contribution in [-0.4, -0.2) is 10.5 Å². The van der Waals surface area contributed by atoms with Gasteiger partial charge in [-0.15, -0.1) is 0 Å². The van der Waals surface area contributed by atoms with Crippen LogP contribution in [0.3, 0.4) is 0 Å². The van der Waals surface area contributed by atoms with Gasteiger partial charge in [0.1, 0.15) is 11.6 Å². The summed E-state index contributed by atoms with van der Waals surface area (Å²) in [6.45, 7) is 3.99. The van der Waals surface area contributed by atoms with Crippen LogP contribution in [0, 0.1) is 25.2 Å². The molecule has 0 radical (unpaired) electrons. The van der Waals surface area contributed by atoms with Gasteiger partial charge in [-0.2, -0.15) is 18.4 Å². The number of carbonyl (C=O) groups is 1. The molecule has 0 aliphatic carbocycles. The lowest BCUT2D eigenvalue weighted by molar-refractivity contribution is -0.137. The lowest BCUT2D eigenvalue weighted by atomic mass is 10.1. The molecule has 2 aromatic carbocycles. The van der Waals surface area contributed by atoms with Crippen molar-refractivity contribution >= 4 is 17.7 Å². The average molecular weight is 409 g/mol. The summed E-state index contributed by atoms with van der Waals surface area (Å²) in [6, 6.07) is 15.5. The fourth-order valence-corrected chi connectivity index (χ4v) is 2.89. The Labute approximate surface area is 171 Å². The Bertz CT molecular complexity index is 1170. The van der Waals surface area contributed by atoms with Gasteiger partial charge in [0.25, 0.3) is 5.91 Å². The number of rotatable bonds is 4. The van der Waals surface area contributed by atoms with Crippen LogP contribution in [0.15, 0.2) is 66.4 Å². The van der Waals surface area contributed by atoms with Gasteiger partial charge in [-0.1, -0.05) is 12.1 Å². The van der Waals surface area contributed by atoms with Crippen LogP contribution in [0.2, 0.25) is 0 Å². The minimum absolute atomic E-state index is 0.0412. The Morgan fingerprint density at radius 3 is 2.50 bits per heavy atom. The van der Waals surface area contributed by atoms with Crippen molar-refractivity contribution in [3.8, 4) is 11.8 Å². The first-order valence-electron chi connectivity index (χ1n) is 9.04. The first-order valence-corrected chi connectivity index (χ1v) is 9.04. The van der Waals surface area contributed by atoms with Crippen LogP contribution in [0.25, 0.3) is 11.8 Å². The molecule has 0 saturated heterocycles. The van der Waals surface area contributed by atoms with Crippen molar-refractivity contribution < 1.29 is 18.0 Å². The van der Waals surface area contributed by atoms with Gasteiger partial charge in [0.05, 0.1) is 5.56 Å². The highest BCUT2D eigenvalue weighted by Crippen LogP contribution is 2.30. The van der Waals surface area contributed by atoms with Gasteiger partial charge in [-0.25, -0.2) is 0 Å². The number of hydrogen-bond acceptors (Lipinski definition) is 2. The second-order valence-electron chi connectivity index (χ2n) is 6.77. The van der Waals surface area contributed by atoms with Crippen LogP contribution < -0.4 is 5.32 Å². The summed E-state index contributed by atoms with van der Waals surface area (Å²) in [5.74, 6) is -0.787. The number of benzene rings is 2. The quantitative estimate of drug-likeness (QED) is 0.447. The zero-order valence-electron chi connectivity index (χ0n) is 16.3. The fraction of sp³-hybridized carbons (Fsp3) is 0.130. The Balaban J connectivity index is 1.89. The maximum Gasteiger partial charge on any atom is 0.416 e. The minimum atomic E-state index is -4.53. The topological polar surface area (TPSA) is 57.8 Å². The van der Waals surface area contributed by atoms with Crippen molar-refractivity contribution in [2.75, 3.05) is 5.32 Å². The van der Waals surface area contributed by atoms with E-state index < -0.39 is 17.6 Å². The molecule has 30 heavy (non-hydrogen) atoms. The summed E-state index contributed by atoms with van der Waals surface area (Å²) in [5.41, 5.74) is 2.54. The summed E-state index contributed by atoms with van der Waals surface area (Å²) in [5, 5.41) is 11.8. The molecule has 1 N–H and O–H groups in total. The molecule has 152 valence electrons. The number of aromatic nitrogens is 1. The number of nitrogens with zero attached hydrogens (tertiary/aromatic N) is 2.